The number of nitrogens with zero attached hydrogens (tertiary/aromatic N) is 3. The summed E-state index contributed by atoms with van der Waals surface area (Å²) in [7, 11) is 0. The summed E-state index contributed by atoms with van der Waals surface area (Å²) in [5, 5.41) is 1.32. The van der Waals surface area contributed by atoms with Crippen molar-refractivity contribution < 1.29 is 0 Å². The maximum atomic E-state index is 6.42. The summed E-state index contributed by atoms with van der Waals surface area (Å²) in [4.78, 5) is 17.9. The quantitative estimate of drug-likeness (QED) is 0.400. The number of aromatic amines is 2. The molecule has 4 heterocycles. The molecule has 166 valence electrons. The lowest BCUT2D eigenvalue weighted by Gasteiger charge is -2.31. The minimum Gasteiger partial charge on any atom is -0.397 e. The number of H-pyrrole nitrogens is 2. The van der Waals surface area contributed by atoms with Crippen LogP contribution in [0.2, 0.25) is 0 Å². The Labute approximate surface area is 189 Å². The molecule has 6 heteroatoms. The molecular weight excluding hydrogens is 396 g/mol. The van der Waals surface area contributed by atoms with Crippen molar-refractivity contribution in [3.05, 3.63) is 65.5 Å². The van der Waals surface area contributed by atoms with Gasteiger partial charge >= 0.3 is 0 Å². The van der Waals surface area contributed by atoms with Crippen LogP contribution in [0.3, 0.4) is 0 Å². The van der Waals surface area contributed by atoms with E-state index in [1.807, 2.05) is 25.4 Å². The number of nitrogens with one attached hydrogen (secondary N) is 2. The number of aromatic nitrogens is 4. The first-order valence-corrected chi connectivity index (χ1v) is 11.6. The van der Waals surface area contributed by atoms with Gasteiger partial charge < -0.3 is 15.7 Å². The van der Waals surface area contributed by atoms with E-state index >= 15 is 0 Å². The van der Waals surface area contributed by atoms with Crippen molar-refractivity contribution in [2.24, 2.45) is 0 Å². The molecule has 0 bridgehead atoms. The summed E-state index contributed by atoms with van der Waals surface area (Å²) in [6, 6.07) is 9.00. The van der Waals surface area contributed by atoms with Crippen molar-refractivity contribution in [1.82, 2.24) is 24.8 Å². The van der Waals surface area contributed by atoms with Crippen molar-refractivity contribution in [2.75, 3.05) is 18.8 Å². The predicted molar refractivity (Wildman–Crippen MR) is 131 cm³/mol. The zero-order valence-electron chi connectivity index (χ0n) is 19.2. The maximum absolute atomic E-state index is 6.42. The number of benzene rings is 1. The normalized spacial score (nSPS) is 15.8. The number of rotatable bonds is 5. The van der Waals surface area contributed by atoms with Crippen LogP contribution in [0.15, 0.2) is 43.0 Å². The van der Waals surface area contributed by atoms with Crippen molar-refractivity contribution in [2.45, 2.75) is 52.0 Å². The molecule has 0 amide bonds. The van der Waals surface area contributed by atoms with Crippen LogP contribution in [0.25, 0.3) is 22.2 Å². The van der Waals surface area contributed by atoms with Gasteiger partial charge in [-0.15, -0.1) is 0 Å². The second-order valence-corrected chi connectivity index (χ2v) is 9.36. The Morgan fingerprint density at radius 2 is 2.00 bits per heavy atom. The molecule has 0 radical (unpaired) electrons. The highest BCUT2D eigenvalue weighted by atomic mass is 15.1. The van der Waals surface area contributed by atoms with Gasteiger partial charge in [-0.1, -0.05) is 19.9 Å². The Kier molecular flexibility index (Phi) is 5.47. The highest BCUT2D eigenvalue weighted by molar-refractivity contribution is 5.94. The lowest BCUT2D eigenvalue weighted by atomic mass is 9.87. The van der Waals surface area contributed by atoms with Gasteiger partial charge in [0.2, 0.25) is 0 Å². The standard InChI is InChI=1S/C26H32N6/c1-16(2)24-22-12-19(18-7-10-32(11-8-18)14-20-13-28-15-30-20)4-5-23(22)31-26(24)21-6-9-29-17(3)25(21)27/h4-6,9,12-13,15-16,18,31H,7-8,10-11,14,27H2,1-3H3,(H,28,30). The molecule has 0 aliphatic carbocycles. The number of fused-ring (bicyclic) bond motifs is 1. The van der Waals surface area contributed by atoms with Gasteiger partial charge in [0.1, 0.15) is 0 Å². The Morgan fingerprint density at radius 1 is 1.19 bits per heavy atom. The van der Waals surface area contributed by atoms with Gasteiger partial charge in [-0.25, -0.2) is 4.98 Å². The molecule has 4 N–H and O–H groups in total. The van der Waals surface area contributed by atoms with E-state index < -0.39 is 0 Å². The molecule has 1 saturated heterocycles. The van der Waals surface area contributed by atoms with E-state index in [-0.39, 0.29) is 0 Å². The van der Waals surface area contributed by atoms with Crippen molar-refractivity contribution in [1.29, 1.82) is 0 Å². The fourth-order valence-electron chi connectivity index (χ4n) is 5.13. The number of nitrogen functional groups attached to an aromatic ring is 1. The Bertz CT molecular complexity index is 1210. The third-order valence-electron chi connectivity index (χ3n) is 6.91. The van der Waals surface area contributed by atoms with Gasteiger partial charge in [-0.05, 0) is 74.0 Å². The van der Waals surface area contributed by atoms with Crippen LogP contribution >= 0.6 is 0 Å². The number of hydrogen-bond acceptors (Lipinski definition) is 4. The van der Waals surface area contributed by atoms with E-state index in [0.717, 1.165) is 42.3 Å². The van der Waals surface area contributed by atoms with Crippen molar-refractivity contribution >= 4 is 16.6 Å². The van der Waals surface area contributed by atoms with E-state index in [0.29, 0.717) is 11.8 Å². The number of anilines is 1. The minimum atomic E-state index is 0.387. The van der Waals surface area contributed by atoms with Gasteiger partial charge in [0.25, 0.3) is 0 Å². The minimum absolute atomic E-state index is 0.387. The number of imidazole rings is 1. The van der Waals surface area contributed by atoms with Crippen LogP contribution in [0.1, 0.15) is 61.0 Å². The number of hydrogen-bond donors (Lipinski definition) is 3. The molecule has 5 rings (SSSR count). The van der Waals surface area contributed by atoms with Gasteiger partial charge in [0.05, 0.1) is 23.4 Å². The SMILES string of the molecule is Cc1nccc(-c2[nH]c3ccc(C4CCN(Cc5cnc[nH]5)CC4)cc3c2C(C)C)c1N. The van der Waals surface area contributed by atoms with Crippen LogP contribution in [0, 0.1) is 6.92 Å². The molecular formula is C26H32N6. The molecule has 0 spiro atoms. The molecule has 6 nitrogen and oxygen atoms in total. The molecule has 1 fully saturated rings. The molecule has 1 aromatic carbocycles. The topological polar surface area (TPSA) is 86.6 Å². The Balaban J connectivity index is 1.44. The van der Waals surface area contributed by atoms with Crippen molar-refractivity contribution in [3.8, 4) is 11.3 Å². The third-order valence-corrected chi connectivity index (χ3v) is 6.91. The van der Waals surface area contributed by atoms with Crippen LogP contribution in [0.4, 0.5) is 5.69 Å². The summed E-state index contributed by atoms with van der Waals surface area (Å²) < 4.78 is 0. The van der Waals surface area contributed by atoms with Crippen LogP contribution in [-0.4, -0.2) is 37.9 Å². The molecule has 1 aliphatic heterocycles. The largest absolute Gasteiger partial charge is 0.397 e. The molecule has 0 unspecified atom stereocenters. The lowest BCUT2D eigenvalue weighted by molar-refractivity contribution is 0.203. The van der Waals surface area contributed by atoms with E-state index in [1.165, 1.54) is 40.6 Å². The van der Waals surface area contributed by atoms with E-state index in [9.17, 15) is 0 Å². The smallest absolute Gasteiger partial charge is 0.0922 e. The van der Waals surface area contributed by atoms with E-state index in [2.05, 4.69) is 56.9 Å². The van der Waals surface area contributed by atoms with E-state index in [1.54, 1.807) is 6.33 Å². The number of pyridine rings is 1. The molecule has 0 saturated carbocycles. The first-order valence-electron chi connectivity index (χ1n) is 11.6. The number of likely N-dealkylation sites (tertiary alicyclic amines) is 1. The molecule has 4 aromatic rings. The molecule has 0 atom stereocenters. The molecule has 32 heavy (non-hydrogen) atoms. The van der Waals surface area contributed by atoms with Gasteiger partial charge in [-0.3, -0.25) is 9.88 Å². The van der Waals surface area contributed by atoms with Crippen LogP contribution in [0.5, 0.6) is 0 Å². The first-order chi connectivity index (χ1) is 15.5. The van der Waals surface area contributed by atoms with Crippen LogP contribution < -0.4 is 5.73 Å². The van der Waals surface area contributed by atoms with Crippen molar-refractivity contribution in [3.63, 3.8) is 0 Å². The average Bonchev–Trinajstić information content (AvgIpc) is 3.43. The molecule has 3 aromatic heterocycles. The third kappa shape index (κ3) is 3.79. The predicted octanol–water partition coefficient (Wildman–Crippen LogP) is 5.35. The monoisotopic (exact) mass is 428 g/mol. The summed E-state index contributed by atoms with van der Waals surface area (Å²) >= 11 is 0. The molecule has 1 aliphatic rings. The second-order valence-electron chi connectivity index (χ2n) is 9.36. The van der Waals surface area contributed by atoms with Gasteiger partial charge in [0, 0.05) is 41.1 Å². The van der Waals surface area contributed by atoms with Crippen LogP contribution in [-0.2, 0) is 6.54 Å². The zero-order chi connectivity index (χ0) is 22.2. The maximum Gasteiger partial charge on any atom is 0.0922 e. The highest BCUT2D eigenvalue weighted by Crippen LogP contribution is 2.40. The number of piperidine rings is 1. The second kappa shape index (κ2) is 8.43. The summed E-state index contributed by atoms with van der Waals surface area (Å²) in [6.07, 6.45) is 7.90. The fourth-order valence-corrected chi connectivity index (χ4v) is 5.13. The average molecular weight is 429 g/mol. The highest BCUT2D eigenvalue weighted by Gasteiger charge is 2.23. The first kappa shape index (κ1) is 20.8. The summed E-state index contributed by atoms with van der Waals surface area (Å²) in [6.45, 7) is 9.67. The summed E-state index contributed by atoms with van der Waals surface area (Å²) in [5.41, 5.74) is 15.4. The van der Waals surface area contributed by atoms with E-state index in [4.69, 9.17) is 5.73 Å². The number of aryl methyl sites for hydroxylation is 1. The zero-order valence-corrected chi connectivity index (χ0v) is 19.2. The Morgan fingerprint density at radius 3 is 2.72 bits per heavy atom. The Hall–Kier alpha value is -3.12. The lowest BCUT2D eigenvalue weighted by Crippen LogP contribution is -2.32. The summed E-state index contributed by atoms with van der Waals surface area (Å²) in [5.74, 6) is 0.988. The fraction of sp³-hybridized carbons (Fsp3) is 0.385. The van der Waals surface area contributed by atoms with Gasteiger partial charge in [-0.2, -0.15) is 0 Å². The van der Waals surface area contributed by atoms with Gasteiger partial charge in [0.15, 0.2) is 0 Å². The number of nitrogens with two attached hydrogens (primary N) is 1.